The van der Waals surface area contributed by atoms with Crippen LogP contribution in [0.3, 0.4) is 0 Å². The predicted octanol–water partition coefficient (Wildman–Crippen LogP) is 3.14. The van der Waals surface area contributed by atoms with Gasteiger partial charge in [0.2, 0.25) is 0 Å². The molecule has 2 aromatic heterocycles. The van der Waals surface area contributed by atoms with Crippen LogP contribution in [-0.4, -0.2) is 51.2 Å². The SMILES string of the molecule is Cc1noc(C)c1CN1CCc2c(C(=O)N3CC[C@H](C(C)(C)O)C3)csc2C1. The Bertz CT molecular complexity index is 861. The van der Waals surface area contributed by atoms with Crippen LogP contribution in [0.1, 0.15) is 58.1 Å². The van der Waals surface area contributed by atoms with E-state index in [9.17, 15) is 9.90 Å². The van der Waals surface area contributed by atoms with Crippen molar-refractivity contribution < 1.29 is 14.4 Å². The highest BCUT2D eigenvalue weighted by Gasteiger charge is 2.37. The van der Waals surface area contributed by atoms with Gasteiger partial charge in [-0.1, -0.05) is 5.16 Å². The molecule has 152 valence electrons. The third-order valence-electron chi connectivity index (χ3n) is 6.29. The Labute approximate surface area is 170 Å². The molecule has 1 atom stereocenters. The summed E-state index contributed by atoms with van der Waals surface area (Å²) in [6.45, 7) is 11.6. The van der Waals surface area contributed by atoms with Crippen molar-refractivity contribution in [2.75, 3.05) is 19.6 Å². The zero-order chi connectivity index (χ0) is 20.1. The summed E-state index contributed by atoms with van der Waals surface area (Å²) in [4.78, 5) is 18.7. The lowest BCUT2D eigenvalue weighted by atomic mass is 9.90. The molecule has 1 amide bonds. The van der Waals surface area contributed by atoms with Crippen LogP contribution in [0.15, 0.2) is 9.90 Å². The second-order valence-electron chi connectivity index (χ2n) is 8.70. The molecule has 0 spiro atoms. The van der Waals surface area contributed by atoms with Crippen LogP contribution in [0.5, 0.6) is 0 Å². The van der Waals surface area contributed by atoms with Crippen LogP contribution in [-0.2, 0) is 19.5 Å². The number of hydrogen-bond acceptors (Lipinski definition) is 6. The van der Waals surface area contributed by atoms with Gasteiger partial charge in [-0.3, -0.25) is 9.69 Å². The van der Waals surface area contributed by atoms with E-state index in [0.29, 0.717) is 6.54 Å². The van der Waals surface area contributed by atoms with Crippen LogP contribution >= 0.6 is 11.3 Å². The van der Waals surface area contributed by atoms with Gasteiger partial charge in [-0.2, -0.15) is 0 Å². The summed E-state index contributed by atoms with van der Waals surface area (Å²) in [5, 5.41) is 16.3. The molecule has 0 unspecified atom stereocenters. The molecular formula is C21H29N3O3S. The topological polar surface area (TPSA) is 69.8 Å². The van der Waals surface area contributed by atoms with Gasteiger partial charge in [-0.15, -0.1) is 11.3 Å². The van der Waals surface area contributed by atoms with E-state index in [1.807, 2.05) is 38.0 Å². The summed E-state index contributed by atoms with van der Waals surface area (Å²) in [5.74, 6) is 1.17. The Kier molecular flexibility index (Phi) is 5.10. The Morgan fingerprint density at radius 3 is 2.82 bits per heavy atom. The molecule has 7 heteroatoms. The molecule has 4 heterocycles. The summed E-state index contributed by atoms with van der Waals surface area (Å²) < 4.78 is 5.29. The number of aliphatic hydroxyl groups is 1. The van der Waals surface area contributed by atoms with Crippen molar-refractivity contribution in [3.05, 3.63) is 38.4 Å². The zero-order valence-electron chi connectivity index (χ0n) is 17.1. The van der Waals surface area contributed by atoms with E-state index in [1.165, 1.54) is 16.0 Å². The van der Waals surface area contributed by atoms with Crippen LogP contribution < -0.4 is 0 Å². The molecule has 2 aromatic rings. The van der Waals surface area contributed by atoms with E-state index in [2.05, 4.69) is 10.1 Å². The minimum Gasteiger partial charge on any atom is -0.390 e. The quantitative estimate of drug-likeness (QED) is 0.849. The predicted molar refractivity (Wildman–Crippen MR) is 108 cm³/mol. The molecular weight excluding hydrogens is 374 g/mol. The van der Waals surface area contributed by atoms with E-state index in [0.717, 1.165) is 56.0 Å². The first-order valence-corrected chi connectivity index (χ1v) is 10.9. The van der Waals surface area contributed by atoms with Crippen molar-refractivity contribution in [1.29, 1.82) is 0 Å². The van der Waals surface area contributed by atoms with Crippen molar-refractivity contribution >= 4 is 17.2 Å². The molecule has 2 aliphatic heterocycles. The fraction of sp³-hybridized carbons (Fsp3) is 0.619. The van der Waals surface area contributed by atoms with Crippen molar-refractivity contribution in [1.82, 2.24) is 15.0 Å². The lowest BCUT2D eigenvalue weighted by Gasteiger charge is -2.28. The molecule has 0 radical (unpaired) electrons. The maximum atomic E-state index is 13.1. The summed E-state index contributed by atoms with van der Waals surface area (Å²) in [7, 11) is 0. The van der Waals surface area contributed by atoms with Crippen molar-refractivity contribution in [3.8, 4) is 0 Å². The fourth-order valence-corrected chi connectivity index (χ4v) is 5.45. The average Bonchev–Trinajstić information content (AvgIpc) is 3.35. The number of rotatable bonds is 4. The second-order valence-corrected chi connectivity index (χ2v) is 9.67. The van der Waals surface area contributed by atoms with Crippen LogP contribution in [0.4, 0.5) is 0 Å². The number of thiophene rings is 1. The number of aromatic nitrogens is 1. The van der Waals surface area contributed by atoms with E-state index >= 15 is 0 Å². The molecule has 1 N–H and O–H groups in total. The van der Waals surface area contributed by atoms with Gasteiger partial charge in [-0.25, -0.2) is 0 Å². The number of aryl methyl sites for hydroxylation is 2. The summed E-state index contributed by atoms with van der Waals surface area (Å²) in [5.41, 5.74) is 3.49. The summed E-state index contributed by atoms with van der Waals surface area (Å²) >= 11 is 1.69. The third-order valence-corrected chi connectivity index (χ3v) is 7.31. The normalized spacial score (nSPS) is 20.6. The number of amides is 1. The first kappa shape index (κ1) is 19.6. The van der Waals surface area contributed by atoms with Crippen LogP contribution in [0.2, 0.25) is 0 Å². The highest BCUT2D eigenvalue weighted by atomic mass is 32.1. The fourth-order valence-electron chi connectivity index (χ4n) is 4.34. The van der Waals surface area contributed by atoms with Crippen molar-refractivity contribution in [3.63, 3.8) is 0 Å². The molecule has 6 nitrogen and oxygen atoms in total. The van der Waals surface area contributed by atoms with Gasteiger partial charge in [0.15, 0.2) is 0 Å². The molecule has 0 bridgehead atoms. The molecule has 0 aliphatic carbocycles. The third kappa shape index (κ3) is 3.63. The monoisotopic (exact) mass is 403 g/mol. The highest BCUT2D eigenvalue weighted by Crippen LogP contribution is 2.33. The minimum absolute atomic E-state index is 0.128. The minimum atomic E-state index is -0.734. The Balaban J connectivity index is 1.45. The molecule has 4 rings (SSSR count). The number of hydrogen-bond donors (Lipinski definition) is 1. The van der Waals surface area contributed by atoms with Crippen LogP contribution in [0.25, 0.3) is 0 Å². The van der Waals surface area contributed by atoms with Gasteiger partial charge in [0.25, 0.3) is 5.91 Å². The molecule has 2 aliphatic rings. The molecule has 1 saturated heterocycles. The number of fused-ring (bicyclic) bond motifs is 1. The second kappa shape index (κ2) is 7.28. The van der Waals surface area contributed by atoms with Gasteiger partial charge in [0, 0.05) is 54.5 Å². The van der Waals surface area contributed by atoms with Gasteiger partial charge in [0.05, 0.1) is 16.9 Å². The van der Waals surface area contributed by atoms with E-state index in [1.54, 1.807) is 11.3 Å². The first-order chi connectivity index (χ1) is 13.2. The lowest BCUT2D eigenvalue weighted by molar-refractivity contribution is 0.0211. The standard InChI is InChI=1S/C21H29N3O3S/c1-13-17(14(2)27-22-13)10-23-7-6-16-18(12-28-19(16)11-23)20(25)24-8-5-15(9-24)21(3,4)26/h12,15,26H,5-11H2,1-4H3/t15-/m0/s1. The maximum absolute atomic E-state index is 13.1. The van der Waals surface area contributed by atoms with E-state index < -0.39 is 5.60 Å². The van der Waals surface area contributed by atoms with Gasteiger partial charge in [-0.05, 0) is 46.1 Å². The largest absolute Gasteiger partial charge is 0.390 e. The van der Waals surface area contributed by atoms with E-state index in [4.69, 9.17) is 4.52 Å². The maximum Gasteiger partial charge on any atom is 0.255 e. The highest BCUT2D eigenvalue weighted by molar-refractivity contribution is 7.10. The lowest BCUT2D eigenvalue weighted by Crippen LogP contribution is -2.36. The molecule has 1 fully saturated rings. The Hall–Kier alpha value is -1.70. The van der Waals surface area contributed by atoms with Gasteiger partial charge >= 0.3 is 0 Å². The Morgan fingerprint density at radius 1 is 1.39 bits per heavy atom. The van der Waals surface area contributed by atoms with Crippen molar-refractivity contribution in [2.24, 2.45) is 5.92 Å². The number of likely N-dealkylation sites (tertiary alicyclic amines) is 1. The zero-order valence-corrected chi connectivity index (χ0v) is 17.9. The first-order valence-electron chi connectivity index (χ1n) is 9.99. The number of carbonyl (C=O) groups is 1. The summed E-state index contributed by atoms with van der Waals surface area (Å²) in [6.07, 6.45) is 1.76. The average molecular weight is 404 g/mol. The van der Waals surface area contributed by atoms with Gasteiger partial charge in [0.1, 0.15) is 5.76 Å². The summed E-state index contributed by atoms with van der Waals surface area (Å²) in [6, 6.07) is 0. The number of nitrogens with zero attached hydrogens (tertiary/aromatic N) is 3. The number of carbonyl (C=O) groups excluding carboxylic acids is 1. The Morgan fingerprint density at radius 2 is 2.18 bits per heavy atom. The molecule has 0 saturated carbocycles. The molecule has 28 heavy (non-hydrogen) atoms. The molecule has 0 aromatic carbocycles. The smallest absolute Gasteiger partial charge is 0.255 e. The van der Waals surface area contributed by atoms with Gasteiger partial charge < -0.3 is 14.5 Å². The van der Waals surface area contributed by atoms with E-state index in [-0.39, 0.29) is 11.8 Å². The van der Waals surface area contributed by atoms with Crippen molar-refractivity contribution in [2.45, 2.75) is 59.2 Å². The van der Waals surface area contributed by atoms with Crippen LogP contribution in [0, 0.1) is 19.8 Å².